The fourth-order valence-electron chi connectivity index (χ4n) is 4.38. The molecule has 26 heavy (non-hydrogen) atoms. The monoisotopic (exact) mass is 375 g/mol. The molecule has 140 valence electrons. The lowest BCUT2D eigenvalue weighted by Gasteiger charge is -2.39. The number of aliphatic hydroxyl groups excluding tert-OH is 1. The van der Waals surface area contributed by atoms with Crippen LogP contribution in [0.15, 0.2) is 34.3 Å². The Morgan fingerprint density at radius 2 is 1.92 bits per heavy atom. The van der Waals surface area contributed by atoms with Gasteiger partial charge in [-0.05, 0) is 43.4 Å². The largest absolute Gasteiger partial charge is 0.392 e. The lowest BCUT2D eigenvalue weighted by atomic mass is 9.99. The summed E-state index contributed by atoms with van der Waals surface area (Å²) in [6.45, 7) is 3.19. The fourth-order valence-corrected chi connectivity index (χ4v) is 4.50. The predicted octanol–water partition coefficient (Wildman–Crippen LogP) is 1.51. The van der Waals surface area contributed by atoms with Crippen molar-refractivity contribution in [1.82, 2.24) is 9.80 Å². The number of piperidine rings is 1. The van der Waals surface area contributed by atoms with Crippen molar-refractivity contribution in [3.63, 3.8) is 0 Å². The van der Waals surface area contributed by atoms with Gasteiger partial charge in [0.15, 0.2) is 0 Å². The van der Waals surface area contributed by atoms with Crippen LogP contribution in [0.5, 0.6) is 0 Å². The maximum absolute atomic E-state index is 10.3. The Morgan fingerprint density at radius 3 is 2.58 bits per heavy atom. The van der Waals surface area contributed by atoms with Crippen LogP contribution in [0.3, 0.4) is 0 Å². The molecule has 7 heteroatoms. The third-order valence-corrected chi connectivity index (χ3v) is 5.91. The highest BCUT2D eigenvalue weighted by Crippen LogP contribution is 2.29. The predicted molar refractivity (Wildman–Crippen MR) is 105 cm³/mol. The second-order valence-electron chi connectivity index (χ2n) is 7.51. The minimum atomic E-state index is -0.228. The minimum absolute atomic E-state index is 0.228. The fraction of sp³-hybridized carbons (Fsp3) is 0.579. The van der Waals surface area contributed by atoms with Crippen LogP contribution in [0.4, 0.5) is 0 Å². The van der Waals surface area contributed by atoms with Gasteiger partial charge in [0, 0.05) is 36.7 Å². The number of benzene rings is 1. The van der Waals surface area contributed by atoms with Gasteiger partial charge in [-0.2, -0.15) is 4.99 Å². The van der Waals surface area contributed by atoms with Crippen LogP contribution in [0, 0.1) is 0 Å². The molecule has 0 radical (unpaired) electrons. The van der Waals surface area contributed by atoms with E-state index >= 15 is 0 Å². The van der Waals surface area contributed by atoms with Gasteiger partial charge in [0.1, 0.15) is 12.4 Å². The van der Waals surface area contributed by atoms with Crippen molar-refractivity contribution in [3.05, 3.63) is 34.9 Å². The van der Waals surface area contributed by atoms with Crippen LogP contribution in [-0.4, -0.2) is 71.1 Å². The summed E-state index contributed by atoms with van der Waals surface area (Å²) in [5, 5.41) is 11.0. The zero-order chi connectivity index (χ0) is 18.1. The summed E-state index contributed by atoms with van der Waals surface area (Å²) in [5.41, 5.74) is 7.02. The molecule has 0 spiro atoms. The van der Waals surface area contributed by atoms with Crippen molar-refractivity contribution in [2.24, 2.45) is 15.7 Å². The minimum Gasteiger partial charge on any atom is -0.392 e. The smallest absolute Gasteiger partial charge is 0.222 e. The molecular formula is C19H26ClN5O. The van der Waals surface area contributed by atoms with Crippen molar-refractivity contribution < 1.29 is 5.11 Å². The van der Waals surface area contributed by atoms with E-state index in [1.807, 2.05) is 12.1 Å². The van der Waals surface area contributed by atoms with Crippen LogP contribution in [0.1, 0.15) is 24.8 Å². The number of nitrogens with two attached hydrogens (primary N) is 1. The normalized spacial score (nSPS) is 27.7. The Labute approximate surface area is 159 Å². The number of guanidine groups is 1. The van der Waals surface area contributed by atoms with Crippen LogP contribution < -0.4 is 5.73 Å². The molecule has 4 rings (SSSR count). The summed E-state index contributed by atoms with van der Waals surface area (Å²) in [6, 6.07) is 8.96. The van der Waals surface area contributed by atoms with E-state index in [1.165, 1.54) is 5.56 Å². The van der Waals surface area contributed by atoms with Crippen LogP contribution in [0.25, 0.3) is 0 Å². The number of aliphatic hydroxyl groups is 1. The first kappa shape index (κ1) is 17.8. The SMILES string of the molecule is NC1=NC(N2CCC(N3C[C@@H](O)CC3Cc3ccc(Cl)cc3)CC2)=NC1. The van der Waals surface area contributed by atoms with Crippen LogP contribution in [0.2, 0.25) is 5.02 Å². The van der Waals surface area contributed by atoms with Gasteiger partial charge in [-0.1, -0.05) is 23.7 Å². The quantitative estimate of drug-likeness (QED) is 0.839. The summed E-state index contributed by atoms with van der Waals surface area (Å²) in [5.74, 6) is 1.40. The average molecular weight is 376 g/mol. The number of hydrogen-bond donors (Lipinski definition) is 2. The molecule has 0 amide bonds. The second-order valence-corrected chi connectivity index (χ2v) is 7.94. The molecule has 0 saturated carbocycles. The maximum Gasteiger partial charge on any atom is 0.222 e. The average Bonchev–Trinajstić information content (AvgIpc) is 3.23. The van der Waals surface area contributed by atoms with Crippen LogP contribution in [-0.2, 0) is 6.42 Å². The summed E-state index contributed by atoms with van der Waals surface area (Å²) in [6.07, 6.45) is 3.71. The zero-order valence-electron chi connectivity index (χ0n) is 14.9. The van der Waals surface area contributed by atoms with E-state index in [-0.39, 0.29) is 6.10 Å². The first-order chi connectivity index (χ1) is 12.6. The Morgan fingerprint density at radius 1 is 1.19 bits per heavy atom. The molecule has 2 atom stereocenters. The van der Waals surface area contributed by atoms with Gasteiger partial charge in [-0.25, -0.2) is 4.99 Å². The number of rotatable bonds is 3. The van der Waals surface area contributed by atoms with E-state index < -0.39 is 0 Å². The molecular weight excluding hydrogens is 350 g/mol. The van der Waals surface area contributed by atoms with E-state index in [1.54, 1.807) is 0 Å². The highest BCUT2D eigenvalue weighted by molar-refractivity contribution is 6.30. The highest BCUT2D eigenvalue weighted by Gasteiger charge is 2.37. The first-order valence-electron chi connectivity index (χ1n) is 9.39. The molecule has 1 unspecified atom stereocenters. The van der Waals surface area contributed by atoms with Crippen molar-refractivity contribution in [3.8, 4) is 0 Å². The third kappa shape index (κ3) is 3.87. The van der Waals surface area contributed by atoms with Gasteiger partial charge in [0.25, 0.3) is 0 Å². The number of amidine groups is 1. The van der Waals surface area contributed by atoms with Crippen molar-refractivity contribution in [2.75, 3.05) is 26.2 Å². The molecule has 2 saturated heterocycles. The topological polar surface area (TPSA) is 77.5 Å². The molecule has 3 aliphatic heterocycles. The number of nitrogens with zero attached hydrogens (tertiary/aromatic N) is 4. The molecule has 3 N–H and O–H groups in total. The molecule has 1 aromatic rings. The highest BCUT2D eigenvalue weighted by atomic mass is 35.5. The molecule has 6 nitrogen and oxygen atoms in total. The Hall–Kier alpha value is -1.63. The summed E-state index contributed by atoms with van der Waals surface area (Å²) in [7, 11) is 0. The van der Waals surface area contributed by atoms with E-state index in [4.69, 9.17) is 17.3 Å². The molecule has 0 bridgehead atoms. The first-order valence-corrected chi connectivity index (χ1v) is 9.77. The molecule has 0 aliphatic carbocycles. The van der Waals surface area contributed by atoms with E-state index in [9.17, 15) is 5.11 Å². The molecule has 1 aromatic carbocycles. The van der Waals surface area contributed by atoms with Crippen molar-refractivity contribution >= 4 is 23.4 Å². The number of aliphatic imine (C=N–C) groups is 2. The number of hydrogen-bond acceptors (Lipinski definition) is 6. The lowest BCUT2D eigenvalue weighted by Crippen LogP contribution is -2.48. The van der Waals surface area contributed by atoms with E-state index in [0.717, 1.165) is 56.3 Å². The van der Waals surface area contributed by atoms with Crippen LogP contribution >= 0.6 is 11.6 Å². The number of likely N-dealkylation sites (tertiary alicyclic amines) is 2. The van der Waals surface area contributed by atoms with Gasteiger partial charge in [-0.15, -0.1) is 0 Å². The second kappa shape index (κ2) is 7.55. The molecule has 3 heterocycles. The lowest BCUT2D eigenvalue weighted by molar-refractivity contribution is 0.109. The Balaban J connectivity index is 1.37. The van der Waals surface area contributed by atoms with Gasteiger partial charge in [0.05, 0.1) is 6.10 Å². The summed E-state index contributed by atoms with van der Waals surface area (Å²) < 4.78 is 0. The van der Waals surface area contributed by atoms with E-state index in [2.05, 4.69) is 31.9 Å². The third-order valence-electron chi connectivity index (χ3n) is 5.66. The van der Waals surface area contributed by atoms with E-state index in [0.29, 0.717) is 24.5 Å². The van der Waals surface area contributed by atoms with Gasteiger partial charge in [0.2, 0.25) is 5.96 Å². The maximum atomic E-state index is 10.3. The van der Waals surface area contributed by atoms with Gasteiger partial charge < -0.3 is 15.7 Å². The van der Waals surface area contributed by atoms with Gasteiger partial charge in [-0.3, -0.25) is 4.90 Å². The molecule has 3 aliphatic rings. The Bertz CT molecular complexity index is 696. The number of β-amino-alcohol motifs (C(OH)–C–C–N with tert-alkyl or cyclic N) is 1. The Kier molecular flexibility index (Phi) is 5.16. The standard InChI is InChI=1S/C19H26ClN5O/c20-14-3-1-13(2-4-14)9-16-10-17(26)12-25(16)15-5-7-24(8-6-15)19-22-11-18(21)23-19/h1-4,15-17,26H,5-12H2,(H2,21,22,23)/t16?,17-/m0/s1. The zero-order valence-corrected chi connectivity index (χ0v) is 15.6. The van der Waals surface area contributed by atoms with Crippen molar-refractivity contribution in [2.45, 2.75) is 43.9 Å². The molecule has 2 fully saturated rings. The summed E-state index contributed by atoms with van der Waals surface area (Å²) in [4.78, 5) is 13.5. The molecule has 0 aromatic heterocycles. The van der Waals surface area contributed by atoms with Gasteiger partial charge >= 0.3 is 0 Å². The number of halogens is 1. The summed E-state index contributed by atoms with van der Waals surface area (Å²) >= 11 is 6.00. The van der Waals surface area contributed by atoms with Crippen molar-refractivity contribution in [1.29, 1.82) is 0 Å².